The lowest BCUT2D eigenvalue weighted by molar-refractivity contribution is 0.544. The third-order valence-corrected chi connectivity index (χ3v) is 4.32. The van der Waals surface area contributed by atoms with Crippen LogP contribution >= 0.6 is 11.6 Å². The summed E-state index contributed by atoms with van der Waals surface area (Å²) in [6.07, 6.45) is 7.40. The van der Waals surface area contributed by atoms with Gasteiger partial charge >= 0.3 is 0 Å². The van der Waals surface area contributed by atoms with E-state index in [0.717, 1.165) is 42.5 Å². The molecule has 0 N–H and O–H groups in total. The smallest absolute Gasteiger partial charge is 0.137 e. The lowest BCUT2D eigenvalue weighted by atomic mass is 10.1. The maximum absolute atomic E-state index is 6.24. The predicted octanol–water partition coefficient (Wildman–Crippen LogP) is 4.02. The molecule has 1 aromatic rings. The molecule has 0 spiro atoms. The Morgan fingerprint density at radius 2 is 1.95 bits per heavy atom. The van der Waals surface area contributed by atoms with Crippen molar-refractivity contribution in [2.24, 2.45) is 5.92 Å². The molecule has 2 rings (SSSR count). The van der Waals surface area contributed by atoms with E-state index in [1.165, 1.54) is 25.7 Å². The number of hydrogen-bond donors (Lipinski definition) is 0. The van der Waals surface area contributed by atoms with Crippen LogP contribution in [0.5, 0.6) is 0 Å². The Labute approximate surface area is 121 Å². The van der Waals surface area contributed by atoms with Gasteiger partial charge in [0.25, 0.3) is 0 Å². The molecule has 1 heterocycles. The Balaban J connectivity index is 2.16. The molecule has 1 aliphatic rings. The number of aryl methyl sites for hydroxylation is 1. The quantitative estimate of drug-likeness (QED) is 0.764. The Kier molecular flexibility index (Phi) is 5.03. The number of rotatable bonds is 5. The van der Waals surface area contributed by atoms with E-state index < -0.39 is 0 Å². The fraction of sp³-hybridized carbons (Fsp3) is 0.733. The van der Waals surface area contributed by atoms with Crippen LogP contribution in [0.25, 0.3) is 0 Å². The molecule has 106 valence electrons. The number of nitrogens with zero attached hydrogens (tertiary/aromatic N) is 3. The molecule has 0 bridgehead atoms. The molecule has 0 atom stereocenters. The minimum absolute atomic E-state index is 0.603. The first-order valence-electron chi connectivity index (χ1n) is 7.36. The maximum Gasteiger partial charge on any atom is 0.137 e. The van der Waals surface area contributed by atoms with Crippen molar-refractivity contribution in [2.75, 3.05) is 18.5 Å². The molecule has 0 aromatic carbocycles. The van der Waals surface area contributed by atoms with E-state index in [1.807, 2.05) is 6.92 Å². The second-order valence-corrected chi connectivity index (χ2v) is 6.02. The molecule has 19 heavy (non-hydrogen) atoms. The number of aromatic nitrogens is 2. The summed E-state index contributed by atoms with van der Waals surface area (Å²) >= 11 is 6.24. The zero-order valence-electron chi connectivity index (χ0n) is 12.2. The summed E-state index contributed by atoms with van der Waals surface area (Å²) in [5, 5.41) is 0.603. The van der Waals surface area contributed by atoms with Crippen LogP contribution in [0.2, 0.25) is 5.15 Å². The summed E-state index contributed by atoms with van der Waals surface area (Å²) in [6.45, 7) is 5.23. The van der Waals surface area contributed by atoms with Gasteiger partial charge in [-0.2, -0.15) is 0 Å². The van der Waals surface area contributed by atoms with Crippen molar-refractivity contribution in [3.8, 4) is 0 Å². The Morgan fingerprint density at radius 1 is 1.26 bits per heavy atom. The van der Waals surface area contributed by atoms with E-state index in [-0.39, 0.29) is 0 Å². The minimum atomic E-state index is 0.603. The van der Waals surface area contributed by atoms with Gasteiger partial charge in [0.2, 0.25) is 0 Å². The van der Waals surface area contributed by atoms with Gasteiger partial charge in [-0.3, -0.25) is 0 Å². The van der Waals surface area contributed by atoms with Crippen molar-refractivity contribution in [3.63, 3.8) is 0 Å². The number of halogens is 1. The Hall–Kier alpha value is -0.830. The average Bonchev–Trinajstić information content (AvgIpc) is 2.86. The largest absolute Gasteiger partial charge is 0.359 e. The van der Waals surface area contributed by atoms with Crippen molar-refractivity contribution < 1.29 is 0 Å². The van der Waals surface area contributed by atoms with E-state index in [2.05, 4.69) is 23.9 Å². The van der Waals surface area contributed by atoms with Crippen molar-refractivity contribution in [2.45, 2.75) is 52.4 Å². The van der Waals surface area contributed by atoms with Crippen LogP contribution in [0.1, 0.15) is 50.4 Å². The molecule has 0 radical (unpaired) electrons. The molecule has 0 unspecified atom stereocenters. The fourth-order valence-electron chi connectivity index (χ4n) is 2.89. The highest BCUT2D eigenvalue weighted by Gasteiger charge is 2.19. The molecule has 0 aliphatic heterocycles. The van der Waals surface area contributed by atoms with Crippen LogP contribution in [0, 0.1) is 12.8 Å². The fourth-order valence-corrected chi connectivity index (χ4v) is 3.08. The van der Waals surface area contributed by atoms with Gasteiger partial charge < -0.3 is 4.90 Å². The highest BCUT2D eigenvalue weighted by atomic mass is 35.5. The zero-order valence-corrected chi connectivity index (χ0v) is 13.0. The van der Waals surface area contributed by atoms with Gasteiger partial charge in [-0.15, -0.1) is 0 Å². The van der Waals surface area contributed by atoms with E-state index >= 15 is 0 Å². The lowest BCUT2D eigenvalue weighted by Gasteiger charge is -2.24. The van der Waals surface area contributed by atoms with Gasteiger partial charge in [0.05, 0.1) is 0 Å². The van der Waals surface area contributed by atoms with E-state index in [4.69, 9.17) is 16.6 Å². The van der Waals surface area contributed by atoms with Crippen molar-refractivity contribution in [3.05, 3.63) is 16.5 Å². The molecule has 1 fully saturated rings. The van der Waals surface area contributed by atoms with Gasteiger partial charge in [-0.1, -0.05) is 31.4 Å². The summed E-state index contributed by atoms with van der Waals surface area (Å²) in [7, 11) is 2.12. The summed E-state index contributed by atoms with van der Waals surface area (Å²) in [6, 6.07) is 0. The summed E-state index contributed by atoms with van der Waals surface area (Å²) in [5.41, 5.74) is 1.00. The van der Waals surface area contributed by atoms with Gasteiger partial charge in [-0.25, -0.2) is 9.97 Å². The van der Waals surface area contributed by atoms with Crippen molar-refractivity contribution in [1.29, 1.82) is 0 Å². The topological polar surface area (TPSA) is 29.0 Å². The molecule has 1 saturated carbocycles. The van der Waals surface area contributed by atoms with Gasteiger partial charge in [0.15, 0.2) is 0 Å². The molecule has 0 saturated heterocycles. The van der Waals surface area contributed by atoms with E-state index in [9.17, 15) is 0 Å². The van der Waals surface area contributed by atoms with Crippen LogP contribution in [0.4, 0.5) is 5.82 Å². The SMILES string of the molecule is CCCc1nc(Cl)c(C)c(N(C)CC2CCCC2)n1. The standard InChI is InChI=1S/C15H24ClN3/c1-4-7-13-17-14(16)11(2)15(18-13)19(3)10-12-8-5-6-9-12/h12H,4-10H2,1-3H3. The van der Waals surface area contributed by atoms with Crippen LogP contribution in [-0.4, -0.2) is 23.6 Å². The zero-order chi connectivity index (χ0) is 13.8. The summed E-state index contributed by atoms with van der Waals surface area (Å²) in [5.74, 6) is 2.69. The second kappa shape index (κ2) is 6.56. The summed E-state index contributed by atoms with van der Waals surface area (Å²) in [4.78, 5) is 11.3. The highest BCUT2D eigenvalue weighted by Crippen LogP contribution is 2.28. The van der Waals surface area contributed by atoms with Crippen molar-refractivity contribution in [1.82, 2.24) is 9.97 Å². The Bertz CT molecular complexity index is 428. The van der Waals surface area contributed by atoms with Gasteiger partial charge in [-0.05, 0) is 32.1 Å². The average molecular weight is 282 g/mol. The van der Waals surface area contributed by atoms with E-state index in [1.54, 1.807) is 0 Å². The summed E-state index contributed by atoms with van der Waals surface area (Å²) < 4.78 is 0. The molecule has 4 heteroatoms. The highest BCUT2D eigenvalue weighted by molar-refractivity contribution is 6.30. The van der Waals surface area contributed by atoms with Crippen molar-refractivity contribution >= 4 is 17.4 Å². The predicted molar refractivity (Wildman–Crippen MR) is 81.0 cm³/mol. The first-order valence-corrected chi connectivity index (χ1v) is 7.73. The second-order valence-electron chi connectivity index (χ2n) is 5.66. The molecule has 1 aromatic heterocycles. The first-order chi connectivity index (χ1) is 9.11. The molecule has 0 amide bonds. The third-order valence-electron chi connectivity index (χ3n) is 3.95. The van der Waals surface area contributed by atoms with Crippen LogP contribution < -0.4 is 4.90 Å². The van der Waals surface area contributed by atoms with Gasteiger partial charge in [0.1, 0.15) is 16.8 Å². The van der Waals surface area contributed by atoms with Crippen LogP contribution in [0.15, 0.2) is 0 Å². The van der Waals surface area contributed by atoms with E-state index in [0.29, 0.717) is 5.15 Å². The first kappa shape index (κ1) is 14.6. The Morgan fingerprint density at radius 3 is 2.58 bits per heavy atom. The number of anilines is 1. The van der Waals surface area contributed by atoms with Crippen LogP contribution in [0.3, 0.4) is 0 Å². The lowest BCUT2D eigenvalue weighted by Crippen LogP contribution is -2.26. The third kappa shape index (κ3) is 3.59. The van der Waals surface area contributed by atoms with Crippen LogP contribution in [-0.2, 0) is 6.42 Å². The normalized spacial score (nSPS) is 16.0. The number of hydrogen-bond acceptors (Lipinski definition) is 3. The monoisotopic (exact) mass is 281 g/mol. The molecule has 1 aliphatic carbocycles. The maximum atomic E-state index is 6.24. The molecule has 3 nitrogen and oxygen atoms in total. The minimum Gasteiger partial charge on any atom is -0.359 e. The van der Waals surface area contributed by atoms with Gasteiger partial charge in [0, 0.05) is 25.6 Å². The molecular weight excluding hydrogens is 258 g/mol. The molecular formula is C15H24ClN3.